The molecule has 0 saturated carbocycles. The van der Waals surface area contributed by atoms with Crippen molar-refractivity contribution in [2.24, 2.45) is 0 Å². The second kappa shape index (κ2) is 8.01. The number of sulfonamides is 1. The maximum absolute atomic E-state index is 12.0. The Labute approximate surface area is 152 Å². The fraction of sp³-hybridized carbons (Fsp3) is 0.222. The lowest BCUT2D eigenvalue weighted by Crippen LogP contribution is -2.24. The van der Waals surface area contributed by atoms with Crippen molar-refractivity contribution in [3.05, 3.63) is 54.1 Å². The summed E-state index contributed by atoms with van der Waals surface area (Å²) < 4.78 is 29.5. The minimum Gasteiger partial charge on any atom is -0.484 e. The van der Waals surface area contributed by atoms with Crippen LogP contribution in [0.1, 0.15) is 17.3 Å². The molecule has 138 valence electrons. The van der Waals surface area contributed by atoms with E-state index in [0.29, 0.717) is 22.7 Å². The number of amides is 1. The fourth-order valence-corrected chi connectivity index (χ4v) is 2.61. The Bertz CT molecular complexity index is 907. The average Bonchev–Trinajstić information content (AvgIpc) is 2.59. The first-order valence-corrected chi connectivity index (χ1v) is 9.59. The molecule has 0 fully saturated rings. The molecule has 2 aromatic rings. The minimum atomic E-state index is -3.33. The predicted octanol–water partition coefficient (Wildman–Crippen LogP) is 2.30. The van der Waals surface area contributed by atoms with E-state index in [2.05, 4.69) is 5.32 Å². The molecule has 1 N–H and O–H groups in total. The molecule has 0 radical (unpaired) electrons. The number of anilines is 2. The molecular weight excluding hydrogens is 356 g/mol. The van der Waals surface area contributed by atoms with Gasteiger partial charge < -0.3 is 10.1 Å². The molecular formula is C18H20N2O5S. The van der Waals surface area contributed by atoms with Crippen molar-refractivity contribution >= 4 is 33.1 Å². The molecule has 8 heteroatoms. The molecule has 0 saturated heterocycles. The van der Waals surface area contributed by atoms with E-state index in [0.717, 1.165) is 10.6 Å². The van der Waals surface area contributed by atoms with Crippen LogP contribution in [0, 0.1) is 0 Å². The summed E-state index contributed by atoms with van der Waals surface area (Å²) in [6, 6.07) is 13.0. The van der Waals surface area contributed by atoms with Gasteiger partial charge in [0.1, 0.15) is 5.75 Å². The zero-order valence-electron chi connectivity index (χ0n) is 14.7. The maximum Gasteiger partial charge on any atom is 0.262 e. The van der Waals surface area contributed by atoms with Crippen LogP contribution in [0.15, 0.2) is 48.5 Å². The van der Waals surface area contributed by atoms with E-state index < -0.39 is 10.0 Å². The average molecular weight is 376 g/mol. The third kappa shape index (κ3) is 5.32. The van der Waals surface area contributed by atoms with Gasteiger partial charge in [0, 0.05) is 18.3 Å². The number of nitrogens with one attached hydrogen (secondary N) is 1. The van der Waals surface area contributed by atoms with Crippen molar-refractivity contribution in [3.8, 4) is 5.75 Å². The van der Waals surface area contributed by atoms with Crippen LogP contribution < -0.4 is 14.4 Å². The van der Waals surface area contributed by atoms with Crippen LogP contribution in [0.3, 0.4) is 0 Å². The number of rotatable bonds is 7. The van der Waals surface area contributed by atoms with Crippen LogP contribution in [0.5, 0.6) is 5.75 Å². The quantitative estimate of drug-likeness (QED) is 0.749. The molecule has 0 aliphatic heterocycles. The van der Waals surface area contributed by atoms with Crippen LogP contribution in [-0.2, 0) is 14.8 Å². The largest absolute Gasteiger partial charge is 0.484 e. The topological polar surface area (TPSA) is 92.8 Å². The number of hydrogen-bond acceptors (Lipinski definition) is 5. The van der Waals surface area contributed by atoms with Crippen molar-refractivity contribution in [1.29, 1.82) is 0 Å². The highest BCUT2D eigenvalue weighted by Gasteiger charge is 2.12. The fourth-order valence-electron chi connectivity index (χ4n) is 2.11. The highest BCUT2D eigenvalue weighted by Crippen LogP contribution is 2.20. The molecule has 2 aromatic carbocycles. The van der Waals surface area contributed by atoms with Crippen molar-refractivity contribution in [2.45, 2.75) is 6.92 Å². The van der Waals surface area contributed by atoms with Crippen molar-refractivity contribution in [3.63, 3.8) is 0 Å². The molecule has 0 aromatic heterocycles. The van der Waals surface area contributed by atoms with E-state index in [9.17, 15) is 18.0 Å². The zero-order valence-corrected chi connectivity index (χ0v) is 15.5. The molecule has 0 aliphatic rings. The standard InChI is InChI=1S/C18H20N2O5S/c1-13(21)14-5-4-6-15(11-14)19-18(22)12-25-17-9-7-16(8-10-17)20(2)26(3,23)24/h4-11H,12H2,1-3H3,(H,19,22). The monoisotopic (exact) mass is 376 g/mol. The first-order chi connectivity index (χ1) is 12.2. The molecule has 26 heavy (non-hydrogen) atoms. The lowest BCUT2D eigenvalue weighted by Gasteiger charge is -2.16. The minimum absolute atomic E-state index is 0.0866. The van der Waals surface area contributed by atoms with Crippen LogP contribution in [0.25, 0.3) is 0 Å². The van der Waals surface area contributed by atoms with E-state index in [4.69, 9.17) is 4.74 Å². The predicted molar refractivity (Wildman–Crippen MR) is 100 cm³/mol. The van der Waals surface area contributed by atoms with E-state index in [1.807, 2.05) is 0 Å². The van der Waals surface area contributed by atoms with Gasteiger partial charge in [-0.15, -0.1) is 0 Å². The number of hydrogen-bond donors (Lipinski definition) is 1. The number of carbonyl (C=O) groups is 2. The Morgan fingerprint density at radius 1 is 1.12 bits per heavy atom. The second-order valence-electron chi connectivity index (χ2n) is 5.70. The smallest absolute Gasteiger partial charge is 0.262 e. The van der Waals surface area contributed by atoms with Gasteiger partial charge in [-0.3, -0.25) is 13.9 Å². The van der Waals surface area contributed by atoms with Gasteiger partial charge in [0.15, 0.2) is 12.4 Å². The van der Waals surface area contributed by atoms with E-state index in [-0.39, 0.29) is 18.3 Å². The summed E-state index contributed by atoms with van der Waals surface area (Å²) in [7, 11) is -1.88. The molecule has 1 amide bonds. The third-order valence-electron chi connectivity index (χ3n) is 3.62. The number of ether oxygens (including phenoxy) is 1. The van der Waals surface area contributed by atoms with E-state index >= 15 is 0 Å². The van der Waals surface area contributed by atoms with Gasteiger partial charge >= 0.3 is 0 Å². The maximum atomic E-state index is 12.0. The summed E-state index contributed by atoms with van der Waals surface area (Å²) in [5, 5.41) is 2.65. The second-order valence-corrected chi connectivity index (χ2v) is 7.71. The van der Waals surface area contributed by atoms with Gasteiger partial charge in [-0.2, -0.15) is 0 Å². The summed E-state index contributed by atoms with van der Waals surface area (Å²) in [6.07, 6.45) is 1.11. The molecule has 0 atom stereocenters. The van der Waals surface area contributed by atoms with Crippen LogP contribution in [-0.4, -0.2) is 40.0 Å². The molecule has 0 spiro atoms. The first-order valence-electron chi connectivity index (χ1n) is 7.74. The molecule has 2 rings (SSSR count). The van der Waals surface area contributed by atoms with Gasteiger partial charge in [0.25, 0.3) is 5.91 Å². The molecule has 0 heterocycles. The van der Waals surface area contributed by atoms with Crippen LogP contribution in [0.2, 0.25) is 0 Å². The zero-order chi connectivity index (χ0) is 19.3. The SMILES string of the molecule is CC(=O)c1cccc(NC(=O)COc2ccc(N(C)S(C)(=O)=O)cc2)c1. The molecule has 0 aliphatic carbocycles. The van der Waals surface area contributed by atoms with Gasteiger partial charge in [0.2, 0.25) is 10.0 Å². The Kier molecular flexibility index (Phi) is 5.99. The lowest BCUT2D eigenvalue weighted by atomic mass is 10.1. The Balaban J connectivity index is 1.93. The first kappa shape index (κ1) is 19.5. The summed E-state index contributed by atoms with van der Waals surface area (Å²) in [4.78, 5) is 23.3. The van der Waals surface area contributed by atoms with Crippen LogP contribution in [0.4, 0.5) is 11.4 Å². The lowest BCUT2D eigenvalue weighted by molar-refractivity contribution is -0.118. The van der Waals surface area contributed by atoms with Crippen molar-refractivity contribution in [1.82, 2.24) is 0 Å². The van der Waals surface area contributed by atoms with E-state index in [1.165, 1.54) is 14.0 Å². The van der Waals surface area contributed by atoms with Crippen molar-refractivity contribution < 1.29 is 22.7 Å². The molecule has 0 unspecified atom stereocenters. The summed E-state index contributed by atoms with van der Waals surface area (Å²) in [5.74, 6) is -0.0252. The van der Waals surface area contributed by atoms with Crippen LogP contribution >= 0.6 is 0 Å². The van der Waals surface area contributed by atoms with Gasteiger partial charge in [-0.25, -0.2) is 8.42 Å². The number of benzene rings is 2. The van der Waals surface area contributed by atoms with E-state index in [1.54, 1.807) is 48.5 Å². The van der Waals surface area contributed by atoms with Gasteiger partial charge in [-0.1, -0.05) is 12.1 Å². The third-order valence-corrected chi connectivity index (χ3v) is 4.83. The Hall–Kier alpha value is -2.87. The number of carbonyl (C=O) groups excluding carboxylic acids is 2. The number of Topliss-reactive ketones (excluding diaryl/α,β-unsaturated/α-hetero) is 1. The summed E-state index contributed by atoms with van der Waals surface area (Å²) in [5.41, 5.74) is 1.51. The highest BCUT2D eigenvalue weighted by molar-refractivity contribution is 7.92. The summed E-state index contributed by atoms with van der Waals surface area (Å²) >= 11 is 0. The Morgan fingerprint density at radius 3 is 2.35 bits per heavy atom. The Morgan fingerprint density at radius 2 is 1.77 bits per heavy atom. The molecule has 0 bridgehead atoms. The normalized spacial score (nSPS) is 10.9. The van der Waals surface area contributed by atoms with Crippen molar-refractivity contribution in [2.75, 3.05) is 29.5 Å². The number of nitrogens with zero attached hydrogens (tertiary/aromatic N) is 1. The summed E-state index contributed by atoms with van der Waals surface area (Å²) in [6.45, 7) is 1.24. The highest BCUT2D eigenvalue weighted by atomic mass is 32.2. The number of ketones is 1. The van der Waals surface area contributed by atoms with Gasteiger partial charge in [-0.05, 0) is 43.3 Å². The van der Waals surface area contributed by atoms with Gasteiger partial charge in [0.05, 0.1) is 11.9 Å². The molecule has 7 nitrogen and oxygen atoms in total.